The smallest absolute Gasteiger partial charge is 0.0936 e. The minimum atomic E-state index is -0.00354. The van der Waals surface area contributed by atoms with Crippen LogP contribution in [0, 0.1) is 0 Å². The maximum atomic E-state index is 9.06. The van der Waals surface area contributed by atoms with E-state index in [1.807, 2.05) is 0 Å². The van der Waals surface area contributed by atoms with Gasteiger partial charge in [0, 0.05) is 26.8 Å². The third kappa shape index (κ3) is 4.93. The SMILES string of the molecule is COCCCCN1CC(C)OC(CO)C1. The monoisotopic (exact) mass is 217 g/mol. The van der Waals surface area contributed by atoms with Gasteiger partial charge in [0.15, 0.2) is 0 Å². The third-order valence-corrected chi connectivity index (χ3v) is 2.68. The van der Waals surface area contributed by atoms with Gasteiger partial charge in [-0.1, -0.05) is 0 Å². The van der Waals surface area contributed by atoms with Gasteiger partial charge in [0.05, 0.1) is 18.8 Å². The predicted molar refractivity (Wildman–Crippen MR) is 59.0 cm³/mol. The molecule has 4 heteroatoms. The average Bonchev–Trinajstić information content (AvgIpc) is 2.23. The number of aliphatic hydroxyl groups is 1. The van der Waals surface area contributed by atoms with Crippen molar-refractivity contribution in [1.29, 1.82) is 0 Å². The highest BCUT2D eigenvalue weighted by atomic mass is 16.5. The van der Waals surface area contributed by atoms with E-state index in [2.05, 4.69) is 11.8 Å². The third-order valence-electron chi connectivity index (χ3n) is 2.68. The van der Waals surface area contributed by atoms with E-state index in [0.717, 1.165) is 39.1 Å². The summed E-state index contributed by atoms with van der Waals surface area (Å²) in [4.78, 5) is 2.37. The van der Waals surface area contributed by atoms with Crippen molar-refractivity contribution in [3.8, 4) is 0 Å². The Labute approximate surface area is 92.2 Å². The second-order valence-corrected chi connectivity index (χ2v) is 4.21. The van der Waals surface area contributed by atoms with Crippen molar-refractivity contribution in [2.75, 3.05) is 40.0 Å². The number of rotatable bonds is 6. The minimum absolute atomic E-state index is 0.00354. The fraction of sp³-hybridized carbons (Fsp3) is 1.00. The van der Waals surface area contributed by atoms with Crippen LogP contribution in [-0.4, -0.2) is 62.2 Å². The van der Waals surface area contributed by atoms with Crippen LogP contribution >= 0.6 is 0 Å². The van der Waals surface area contributed by atoms with E-state index in [1.165, 1.54) is 0 Å². The lowest BCUT2D eigenvalue weighted by Crippen LogP contribution is -2.48. The Bertz CT molecular complexity index is 166. The van der Waals surface area contributed by atoms with E-state index in [-0.39, 0.29) is 18.8 Å². The molecule has 1 N–H and O–H groups in total. The molecule has 0 aromatic heterocycles. The molecule has 1 aliphatic heterocycles. The molecule has 0 aliphatic carbocycles. The number of nitrogens with zero attached hydrogens (tertiary/aromatic N) is 1. The van der Waals surface area contributed by atoms with Crippen molar-refractivity contribution in [2.45, 2.75) is 32.0 Å². The lowest BCUT2D eigenvalue weighted by atomic mass is 10.2. The summed E-state index contributed by atoms with van der Waals surface area (Å²) in [6.45, 7) is 5.93. The zero-order valence-corrected chi connectivity index (χ0v) is 9.82. The summed E-state index contributed by atoms with van der Waals surface area (Å²) < 4.78 is 10.6. The predicted octanol–water partition coefficient (Wildman–Crippen LogP) is 0.495. The first kappa shape index (κ1) is 12.9. The average molecular weight is 217 g/mol. The van der Waals surface area contributed by atoms with Gasteiger partial charge in [-0.25, -0.2) is 0 Å². The van der Waals surface area contributed by atoms with Crippen molar-refractivity contribution in [1.82, 2.24) is 4.90 Å². The summed E-state index contributed by atoms with van der Waals surface area (Å²) in [7, 11) is 1.73. The summed E-state index contributed by atoms with van der Waals surface area (Å²) >= 11 is 0. The van der Waals surface area contributed by atoms with Crippen LogP contribution in [-0.2, 0) is 9.47 Å². The maximum Gasteiger partial charge on any atom is 0.0936 e. The van der Waals surface area contributed by atoms with Crippen molar-refractivity contribution >= 4 is 0 Å². The van der Waals surface area contributed by atoms with E-state index in [9.17, 15) is 0 Å². The van der Waals surface area contributed by atoms with Crippen LogP contribution in [0.1, 0.15) is 19.8 Å². The highest BCUT2D eigenvalue weighted by Gasteiger charge is 2.23. The Hall–Kier alpha value is -0.160. The van der Waals surface area contributed by atoms with E-state index >= 15 is 0 Å². The molecule has 0 saturated carbocycles. The number of hydrogen-bond acceptors (Lipinski definition) is 4. The van der Waals surface area contributed by atoms with E-state index in [1.54, 1.807) is 7.11 Å². The van der Waals surface area contributed by atoms with Crippen LogP contribution in [0.5, 0.6) is 0 Å². The fourth-order valence-electron chi connectivity index (χ4n) is 2.01. The Kier molecular flexibility index (Phi) is 6.17. The van der Waals surface area contributed by atoms with Crippen LogP contribution in [0.25, 0.3) is 0 Å². The van der Waals surface area contributed by atoms with Gasteiger partial charge in [0.2, 0.25) is 0 Å². The summed E-state index contributed by atoms with van der Waals surface area (Å²) in [5.41, 5.74) is 0. The lowest BCUT2D eigenvalue weighted by Gasteiger charge is -2.36. The molecule has 0 spiro atoms. The molecular formula is C11H23NO3. The van der Waals surface area contributed by atoms with Crippen molar-refractivity contribution < 1.29 is 14.6 Å². The maximum absolute atomic E-state index is 9.06. The van der Waals surface area contributed by atoms with Gasteiger partial charge in [-0.15, -0.1) is 0 Å². The molecule has 0 radical (unpaired) electrons. The highest BCUT2D eigenvalue weighted by Crippen LogP contribution is 2.11. The van der Waals surface area contributed by atoms with E-state index in [0.29, 0.717) is 0 Å². The van der Waals surface area contributed by atoms with Gasteiger partial charge < -0.3 is 14.6 Å². The second-order valence-electron chi connectivity index (χ2n) is 4.21. The molecule has 1 aliphatic rings. The van der Waals surface area contributed by atoms with Gasteiger partial charge in [-0.2, -0.15) is 0 Å². The quantitative estimate of drug-likeness (QED) is 0.658. The molecule has 1 saturated heterocycles. The number of unbranched alkanes of at least 4 members (excludes halogenated alkanes) is 1. The lowest BCUT2D eigenvalue weighted by molar-refractivity contribution is -0.0953. The normalized spacial score (nSPS) is 28.2. The molecule has 1 heterocycles. The van der Waals surface area contributed by atoms with Gasteiger partial charge in [-0.05, 0) is 26.3 Å². The first-order valence-electron chi connectivity index (χ1n) is 5.74. The van der Waals surface area contributed by atoms with Crippen LogP contribution in [0.15, 0.2) is 0 Å². The zero-order chi connectivity index (χ0) is 11.1. The standard InChI is InChI=1S/C11H23NO3/c1-10-7-12(5-3-4-6-14-2)8-11(9-13)15-10/h10-11,13H,3-9H2,1-2H3. The van der Waals surface area contributed by atoms with Gasteiger partial charge in [-0.3, -0.25) is 4.90 Å². The fourth-order valence-corrected chi connectivity index (χ4v) is 2.01. The topological polar surface area (TPSA) is 41.9 Å². The molecule has 0 aromatic carbocycles. The Morgan fingerprint density at radius 3 is 2.87 bits per heavy atom. The van der Waals surface area contributed by atoms with Crippen molar-refractivity contribution in [3.05, 3.63) is 0 Å². The molecule has 0 amide bonds. The molecule has 0 bridgehead atoms. The van der Waals surface area contributed by atoms with E-state index in [4.69, 9.17) is 14.6 Å². The van der Waals surface area contributed by atoms with Crippen molar-refractivity contribution in [2.24, 2.45) is 0 Å². The van der Waals surface area contributed by atoms with Crippen LogP contribution in [0.3, 0.4) is 0 Å². The molecular weight excluding hydrogens is 194 g/mol. The molecule has 90 valence electrons. The molecule has 1 fully saturated rings. The molecule has 2 unspecified atom stereocenters. The van der Waals surface area contributed by atoms with Crippen molar-refractivity contribution in [3.63, 3.8) is 0 Å². The van der Waals surface area contributed by atoms with Crippen LogP contribution in [0.4, 0.5) is 0 Å². The molecule has 1 rings (SSSR count). The van der Waals surface area contributed by atoms with Crippen LogP contribution in [0.2, 0.25) is 0 Å². The zero-order valence-electron chi connectivity index (χ0n) is 9.82. The largest absolute Gasteiger partial charge is 0.394 e. The first-order chi connectivity index (χ1) is 7.26. The van der Waals surface area contributed by atoms with Gasteiger partial charge in [0.1, 0.15) is 0 Å². The number of methoxy groups -OCH3 is 1. The first-order valence-corrected chi connectivity index (χ1v) is 5.74. The second kappa shape index (κ2) is 7.17. The van der Waals surface area contributed by atoms with Crippen LogP contribution < -0.4 is 0 Å². The number of hydrogen-bond donors (Lipinski definition) is 1. The number of aliphatic hydroxyl groups excluding tert-OH is 1. The summed E-state index contributed by atoms with van der Waals surface area (Å²) in [6, 6.07) is 0. The molecule has 0 aromatic rings. The highest BCUT2D eigenvalue weighted by molar-refractivity contribution is 4.74. The summed E-state index contributed by atoms with van der Waals surface area (Å²) in [6.07, 6.45) is 2.49. The summed E-state index contributed by atoms with van der Waals surface area (Å²) in [5, 5.41) is 9.06. The Balaban J connectivity index is 2.16. The number of morpholine rings is 1. The Morgan fingerprint density at radius 2 is 2.20 bits per heavy atom. The van der Waals surface area contributed by atoms with E-state index < -0.39 is 0 Å². The Morgan fingerprint density at radius 1 is 1.40 bits per heavy atom. The number of ether oxygens (including phenoxy) is 2. The minimum Gasteiger partial charge on any atom is -0.394 e. The molecule has 15 heavy (non-hydrogen) atoms. The van der Waals surface area contributed by atoms with Gasteiger partial charge in [0.25, 0.3) is 0 Å². The van der Waals surface area contributed by atoms with Gasteiger partial charge >= 0.3 is 0 Å². The molecule has 2 atom stereocenters. The summed E-state index contributed by atoms with van der Waals surface area (Å²) in [5.74, 6) is 0. The molecule has 4 nitrogen and oxygen atoms in total.